The van der Waals surface area contributed by atoms with Gasteiger partial charge >= 0.3 is 0 Å². The molecule has 1 aliphatic heterocycles. The van der Waals surface area contributed by atoms with Gasteiger partial charge < -0.3 is 15.5 Å². The second-order valence-corrected chi connectivity index (χ2v) is 7.94. The van der Waals surface area contributed by atoms with Gasteiger partial charge in [-0.15, -0.1) is 11.3 Å². The van der Waals surface area contributed by atoms with Crippen LogP contribution in [0.15, 0.2) is 41.8 Å². The van der Waals surface area contributed by atoms with Gasteiger partial charge in [0.05, 0.1) is 19.6 Å². The number of anilines is 2. The standard InChI is InChI=1S/C21H26N4O3S/c1-2-24(14-19(26)22-13-18-5-4-12-29-18)15-20(27)23-16-7-9-17(10-8-16)25-11-3-6-21(25)28/h4-5,7-10,12H,2-3,6,11,13-15H2,1H3,(H,22,26)(H,23,27). The van der Waals surface area contributed by atoms with Crippen molar-refractivity contribution in [1.82, 2.24) is 10.2 Å². The summed E-state index contributed by atoms with van der Waals surface area (Å²) in [5.74, 6) is -0.145. The maximum absolute atomic E-state index is 12.4. The van der Waals surface area contributed by atoms with E-state index in [4.69, 9.17) is 0 Å². The third-order valence-corrected chi connectivity index (χ3v) is 5.63. The molecule has 3 rings (SSSR count). The third kappa shape index (κ3) is 6.13. The molecule has 2 aromatic rings. The van der Waals surface area contributed by atoms with Crippen LogP contribution in [0, 0.1) is 0 Å². The van der Waals surface area contributed by atoms with Gasteiger partial charge in [-0.2, -0.15) is 0 Å². The van der Waals surface area contributed by atoms with Crippen molar-refractivity contribution >= 4 is 40.4 Å². The van der Waals surface area contributed by atoms with E-state index < -0.39 is 0 Å². The molecule has 3 amide bonds. The van der Waals surface area contributed by atoms with Crippen molar-refractivity contribution in [3.05, 3.63) is 46.7 Å². The number of hydrogen-bond donors (Lipinski definition) is 2. The molecule has 0 saturated carbocycles. The SMILES string of the molecule is CCN(CC(=O)NCc1cccs1)CC(=O)Nc1ccc(N2CCCC2=O)cc1. The number of carbonyl (C=O) groups is 3. The number of benzene rings is 1. The van der Waals surface area contributed by atoms with Crippen LogP contribution in [0.4, 0.5) is 11.4 Å². The Morgan fingerprint density at radius 1 is 1.14 bits per heavy atom. The van der Waals surface area contributed by atoms with Gasteiger partial charge in [0, 0.05) is 29.2 Å². The Morgan fingerprint density at radius 2 is 1.90 bits per heavy atom. The lowest BCUT2D eigenvalue weighted by atomic mass is 10.2. The monoisotopic (exact) mass is 414 g/mol. The first kappa shape index (κ1) is 21.0. The van der Waals surface area contributed by atoms with Gasteiger partial charge in [-0.25, -0.2) is 0 Å². The molecule has 1 aliphatic rings. The fraction of sp³-hybridized carbons (Fsp3) is 0.381. The van der Waals surface area contributed by atoms with Gasteiger partial charge in [-0.1, -0.05) is 13.0 Å². The van der Waals surface area contributed by atoms with Gasteiger partial charge in [-0.3, -0.25) is 19.3 Å². The van der Waals surface area contributed by atoms with E-state index in [1.807, 2.05) is 36.6 Å². The maximum atomic E-state index is 12.4. The molecule has 1 saturated heterocycles. The molecule has 1 fully saturated rings. The van der Waals surface area contributed by atoms with E-state index in [-0.39, 0.29) is 30.8 Å². The lowest BCUT2D eigenvalue weighted by molar-refractivity contribution is -0.123. The van der Waals surface area contributed by atoms with Crippen LogP contribution in [0.5, 0.6) is 0 Å². The average Bonchev–Trinajstić information content (AvgIpc) is 3.38. The van der Waals surface area contributed by atoms with Crippen molar-refractivity contribution in [2.45, 2.75) is 26.3 Å². The highest BCUT2D eigenvalue weighted by atomic mass is 32.1. The van der Waals surface area contributed by atoms with Crippen molar-refractivity contribution in [3.63, 3.8) is 0 Å². The summed E-state index contributed by atoms with van der Waals surface area (Å²) < 4.78 is 0. The Kier molecular flexibility index (Phi) is 7.37. The summed E-state index contributed by atoms with van der Waals surface area (Å²) >= 11 is 1.60. The number of thiophene rings is 1. The smallest absolute Gasteiger partial charge is 0.238 e. The molecule has 29 heavy (non-hydrogen) atoms. The largest absolute Gasteiger partial charge is 0.350 e. The fourth-order valence-electron chi connectivity index (χ4n) is 3.19. The first-order valence-electron chi connectivity index (χ1n) is 9.77. The van der Waals surface area contributed by atoms with E-state index >= 15 is 0 Å². The molecule has 0 atom stereocenters. The summed E-state index contributed by atoms with van der Waals surface area (Å²) in [7, 11) is 0. The maximum Gasteiger partial charge on any atom is 0.238 e. The predicted octanol–water partition coefficient (Wildman–Crippen LogP) is 2.45. The van der Waals surface area contributed by atoms with Crippen LogP contribution >= 0.6 is 11.3 Å². The molecule has 1 aromatic heterocycles. The average molecular weight is 415 g/mol. The Morgan fingerprint density at radius 3 is 2.52 bits per heavy atom. The van der Waals surface area contributed by atoms with Crippen molar-refractivity contribution in [2.75, 3.05) is 36.4 Å². The molecule has 0 unspecified atom stereocenters. The van der Waals surface area contributed by atoms with Gasteiger partial charge in [0.25, 0.3) is 0 Å². The second kappa shape index (κ2) is 10.2. The van der Waals surface area contributed by atoms with Crippen LogP contribution in [0.25, 0.3) is 0 Å². The summed E-state index contributed by atoms with van der Waals surface area (Å²) in [4.78, 5) is 40.9. The van der Waals surface area contributed by atoms with Crippen LogP contribution < -0.4 is 15.5 Å². The topological polar surface area (TPSA) is 81.8 Å². The first-order valence-corrected chi connectivity index (χ1v) is 10.6. The van der Waals surface area contributed by atoms with Crippen LogP contribution in [0.1, 0.15) is 24.6 Å². The van der Waals surface area contributed by atoms with Gasteiger partial charge in [0.1, 0.15) is 0 Å². The number of hydrogen-bond acceptors (Lipinski definition) is 5. The summed E-state index contributed by atoms with van der Waals surface area (Å²) in [6.45, 7) is 4.06. The Labute approximate surface area is 174 Å². The number of rotatable bonds is 9. The lowest BCUT2D eigenvalue weighted by Crippen LogP contribution is -2.40. The molecule has 7 nitrogen and oxygen atoms in total. The summed E-state index contributed by atoms with van der Waals surface area (Å²) in [5.41, 5.74) is 1.52. The van der Waals surface area contributed by atoms with E-state index in [2.05, 4.69) is 10.6 Å². The number of amides is 3. The molecule has 0 aliphatic carbocycles. The zero-order chi connectivity index (χ0) is 20.6. The molecule has 2 heterocycles. The number of nitrogens with one attached hydrogen (secondary N) is 2. The van der Waals surface area contributed by atoms with Crippen LogP contribution in [-0.2, 0) is 20.9 Å². The Hall–Kier alpha value is -2.71. The molecule has 0 radical (unpaired) electrons. The van der Waals surface area contributed by atoms with E-state index in [1.54, 1.807) is 33.3 Å². The first-order chi connectivity index (χ1) is 14.0. The van der Waals surface area contributed by atoms with Crippen molar-refractivity contribution in [3.8, 4) is 0 Å². The molecular weight excluding hydrogens is 388 g/mol. The normalized spacial score (nSPS) is 13.7. The highest BCUT2D eigenvalue weighted by Crippen LogP contribution is 2.23. The van der Waals surface area contributed by atoms with Crippen LogP contribution in [-0.4, -0.2) is 48.8 Å². The summed E-state index contributed by atoms with van der Waals surface area (Å²) in [6.07, 6.45) is 1.47. The van der Waals surface area contributed by atoms with E-state index in [9.17, 15) is 14.4 Å². The minimum atomic E-state index is -0.178. The summed E-state index contributed by atoms with van der Waals surface area (Å²) in [6, 6.07) is 11.2. The molecule has 0 bridgehead atoms. The Balaban J connectivity index is 1.45. The Bertz CT molecular complexity index is 836. The van der Waals surface area contributed by atoms with E-state index in [0.29, 0.717) is 25.2 Å². The van der Waals surface area contributed by atoms with Crippen molar-refractivity contribution in [1.29, 1.82) is 0 Å². The lowest BCUT2D eigenvalue weighted by Gasteiger charge is -2.19. The number of nitrogens with zero attached hydrogens (tertiary/aromatic N) is 2. The molecular formula is C21H26N4O3S. The predicted molar refractivity (Wildman–Crippen MR) is 115 cm³/mol. The molecule has 154 valence electrons. The zero-order valence-corrected chi connectivity index (χ0v) is 17.3. The van der Waals surface area contributed by atoms with Gasteiger partial charge in [0.15, 0.2) is 0 Å². The van der Waals surface area contributed by atoms with E-state index in [1.165, 1.54) is 0 Å². The van der Waals surface area contributed by atoms with Crippen LogP contribution in [0.2, 0.25) is 0 Å². The van der Waals surface area contributed by atoms with Crippen molar-refractivity contribution < 1.29 is 14.4 Å². The molecule has 8 heteroatoms. The van der Waals surface area contributed by atoms with Gasteiger partial charge in [-0.05, 0) is 48.7 Å². The highest BCUT2D eigenvalue weighted by molar-refractivity contribution is 7.09. The molecule has 1 aromatic carbocycles. The minimum Gasteiger partial charge on any atom is -0.350 e. The number of carbonyl (C=O) groups excluding carboxylic acids is 3. The summed E-state index contributed by atoms with van der Waals surface area (Å²) in [5, 5.41) is 7.70. The molecule has 2 N–H and O–H groups in total. The minimum absolute atomic E-state index is 0.104. The zero-order valence-electron chi connectivity index (χ0n) is 16.5. The highest BCUT2D eigenvalue weighted by Gasteiger charge is 2.21. The third-order valence-electron chi connectivity index (χ3n) is 4.76. The van der Waals surface area contributed by atoms with E-state index in [0.717, 1.165) is 23.5 Å². The quantitative estimate of drug-likeness (QED) is 0.660. The molecule has 0 spiro atoms. The number of likely N-dealkylation sites (N-methyl/N-ethyl adjacent to an activating group) is 1. The second-order valence-electron chi connectivity index (χ2n) is 6.90. The van der Waals surface area contributed by atoms with Gasteiger partial charge in [0.2, 0.25) is 17.7 Å². The fourth-order valence-corrected chi connectivity index (χ4v) is 3.83. The van der Waals surface area contributed by atoms with Crippen LogP contribution in [0.3, 0.4) is 0 Å². The van der Waals surface area contributed by atoms with Crippen molar-refractivity contribution in [2.24, 2.45) is 0 Å².